The summed E-state index contributed by atoms with van der Waals surface area (Å²) in [5.41, 5.74) is 6.07. The maximum atomic E-state index is 9.63. The van der Waals surface area contributed by atoms with Gasteiger partial charge < -0.3 is 15.9 Å². The minimum absolute atomic E-state index is 0.145. The summed E-state index contributed by atoms with van der Waals surface area (Å²) < 4.78 is 0.579. The molecule has 0 unspecified atom stereocenters. The van der Waals surface area contributed by atoms with E-state index in [0.717, 1.165) is 0 Å². The highest BCUT2D eigenvalue weighted by Gasteiger charge is 2.16. The number of aliphatic hydroxyl groups excluding tert-OH is 1. The first-order valence-electron chi connectivity index (χ1n) is 3.89. The van der Waals surface area contributed by atoms with Crippen molar-refractivity contribution in [2.75, 3.05) is 6.61 Å². The minimum Gasteiger partial charge on any atom is -0.506 e. The van der Waals surface area contributed by atoms with Crippen molar-refractivity contribution in [2.24, 2.45) is 5.73 Å². The van der Waals surface area contributed by atoms with E-state index in [0.29, 0.717) is 10.0 Å². The standard InChI is InChI=1S/C9H9BrN2O2/c10-6-2-1-5(3-11)9(14)8(6)7(12)4-13/h1-2,7,13-14H,4,12H2/t7-/m1/s1. The van der Waals surface area contributed by atoms with E-state index in [1.807, 2.05) is 6.07 Å². The number of nitrogens with two attached hydrogens (primary N) is 1. The predicted molar refractivity (Wildman–Crippen MR) is 54.5 cm³/mol. The van der Waals surface area contributed by atoms with E-state index in [4.69, 9.17) is 16.1 Å². The molecule has 0 saturated carbocycles. The van der Waals surface area contributed by atoms with Crippen molar-refractivity contribution in [3.05, 3.63) is 27.7 Å². The fourth-order valence-electron chi connectivity index (χ4n) is 1.12. The number of benzene rings is 1. The Bertz CT molecular complexity index is 387. The first kappa shape index (κ1) is 11.0. The summed E-state index contributed by atoms with van der Waals surface area (Å²) in [5.74, 6) is -0.177. The Morgan fingerprint density at radius 1 is 1.57 bits per heavy atom. The molecule has 0 aliphatic rings. The van der Waals surface area contributed by atoms with Gasteiger partial charge in [0.25, 0.3) is 0 Å². The van der Waals surface area contributed by atoms with Gasteiger partial charge in [0, 0.05) is 10.0 Å². The third kappa shape index (κ3) is 1.87. The molecular formula is C9H9BrN2O2. The van der Waals surface area contributed by atoms with Crippen LogP contribution in [0.2, 0.25) is 0 Å². The number of aromatic hydroxyl groups is 1. The summed E-state index contributed by atoms with van der Waals surface area (Å²) in [5, 5.41) is 27.1. The molecule has 4 nitrogen and oxygen atoms in total. The van der Waals surface area contributed by atoms with Gasteiger partial charge in [0.05, 0.1) is 18.2 Å². The Balaban J connectivity index is 3.34. The molecule has 0 radical (unpaired) electrons. The highest BCUT2D eigenvalue weighted by atomic mass is 79.9. The summed E-state index contributed by atoms with van der Waals surface area (Å²) in [6, 6.07) is 4.23. The fourth-order valence-corrected chi connectivity index (χ4v) is 1.73. The lowest BCUT2D eigenvalue weighted by atomic mass is 10.0. The van der Waals surface area contributed by atoms with Crippen LogP contribution in [0.1, 0.15) is 17.2 Å². The second-order valence-electron chi connectivity index (χ2n) is 2.76. The molecule has 0 aliphatic carbocycles. The van der Waals surface area contributed by atoms with Crippen molar-refractivity contribution in [3.8, 4) is 11.8 Å². The summed E-state index contributed by atoms with van der Waals surface area (Å²) in [6.45, 7) is -0.291. The van der Waals surface area contributed by atoms with Crippen molar-refractivity contribution in [2.45, 2.75) is 6.04 Å². The Morgan fingerprint density at radius 2 is 2.21 bits per heavy atom. The van der Waals surface area contributed by atoms with Gasteiger partial charge in [0.15, 0.2) is 0 Å². The van der Waals surface area contributed by atoms with Crippen LogP contribution in [0, 0.1) is 11.3 Å². The first-order chi connectivity index (χ1) is 6.61. The van der Waals surface area contributed by atoms with E-state index in [-0.39, 0.29) is 17.9 Å². The first-order valence-corrected chi connectivity index (χ1v) is 4.69. The monoisotopic (exact) mass is 256 g/mol. The van der Waals surface area contributed by atoms with Gasteiger partial charge in [-0.05, 0) is 12.1 Å². The average molecular weight is 257 g/mol. The SMILES string of the molecule is N#Cc1ccc(Br)c([C@H](N)CO)c1O. The van der Waals surface area contributed by atoms with Crippen LogP contribution in [0.15, 0.2) is 16.6 Å². The molecule has 14 heavy (non-hydrogen) atoms. The van der Waals surface area contributed by atoms with Gasteiger partial charge in [0.2, 0.25) is 0 Å². The van der Waals surface area contributed by atoms with Gasteiger partial charge in [-0.1, -0.05) is 15.9 Å². The largest absolute Gasteiger partial charge is 0.506 e. The lowest BCUT2D eigenvalue weighted by Gasteiger charge is -2.13. The number of aliphatic hydroxyl groups is 1. The van der Waals surface area contributed by atoms with E-state index >= 15 is 0 Å². The number of rotatable bonds is 2. The normalized spacial score (nSPS) is 12.1. The van der Waals surface area contributed by atoms with Gasteiger partial charge in [-0.2, -0.15) is 5.26 Å². The van der Waals surface area contributed by atoms with Gasteiger partial charge in [0.1, 0.15) is 11.8 Å². The van der Waals surface area contributed by atoms with Crippen LogP contribution < -0.4 is 5.73 Å². The summed E-state index contributed by atoms with van der Waals surface area (Å²) in [4.78, 5) is 0. The maximum Gasteiger partial charge on any atom is 0.139 e. The molecule has 1 aromatic rings. The van der Waals surface area contributed by atoms with Crippen LogP contribution in [0.5, 0.6) is 5.75 Å². The maximum absolute atomic E-state index is 9.63. The minimum atomic E-state index is -0.697. The highest BCUT2D eigenvalue weighted by molar-refractivity contribution is 9.10. The quantitative estimate of drug-likeness (QED) is 0.737. The van der Waals surface area contributed by atoms with Crippen LogP contribution in [-0.2, 0) is 0 Å². The molecule has 0 aliphatic heterocycles. The molecule has 4 N–H and O–H groups in total. The van der Waals surface area contributed by atoms with Gasteiger partial charge in [-0.15, -0.1) is 0 Å². The number of halogens is 1. The van der Waals surface area contributed by atoms with Crippen LogP contribution >= 0.6 is 15.9 Å². The van der Waals surface area contributed by atoms with Gasteiger partial charge >= 0.3 is 0 Å². The Labute approximate surface area is 89.7 Å². The third-order valence-corrected chi connectivity index (χ3v) is 2.54. The van der Waals surface area contributed by atoms with E-state index in [9.17, 15) is 5.11 Å². The number of phenols is 1. The molecular weight excluding hydrogens is 248 g/mol. The number of hydrogen-bond acceptors (Lipinski definition) is 4. The summed E-state index contributed by atoms with van der Waals surface area (Å²) in [7, 11) is 0. The topological polar surface area (TPSA) is 90.3 Å². The molecule has 74 valence electrons. The lowest BCUT2D eigenvalue weighted by molar-refractivity contribution is 0.265. The Morgan fingerprint density at radius 3 is 2.71 bits per heavy atom. The molecule has 0 saturated heterocycles. The molecule has 1 atom stereocenters. The van der Waals surface area contributed by atoms with Crippen molar-refractivity contribution >= 4 is 15.9 Å². The zero-order valence-electron chi connectivity index (χ0n) is 7.24. The second kappa shape index (κ2) is 4.42. The third-order valence-electron chi connectivity index (χ3n) is 1.85. The second-order valence-corrected chi connectivity index (χ2v) is 3.61. The zero-order chi connectivity index (χ0) is 10.7. The smallest absolute Gasteiger partial charge is 0.139 e. The van der Waals surface area contributed by atoms with Crippen molar-refractivity contribution < 1.29 is 10.2 Å². The molecule has 0 spiro atoms. The summed E-state index contributed by atoms with van der Waals surface area (Å²) >= 11 is 3.19. The lowest BCUT2D eigenvalue weighted by Crippen LogP contribution is -2.15. The fraction of sp³-hybridized carbons (Fsp3) is 0.222. The van der Waals surface area contributed by atoms with E-state index in [1.165, 1.54) is 6.07 Å². The van der Waals surface area contributed by atoms with Crippen molar-refractivity contribution in [3.63, 3.8) is 0 Å². The highest BCUT2D eigenvalue weighted by Crippen LogP contribution is 2.33. The molecule has 1 rings (SSSR count). The van der Waals surface area contributed by atoms with E-state index < -0.39 is 6.04 Å². The average Bonchev–Trinajstić information content (AvgIpc) is 2.18. The van der Waals surface area contributed by atoms with Crippen LogP contribution in [-0.4, -0.2) is 16.8 Å². The molecule has 5 heteroatoms. The number of phenolic OH excluding ortho intramolecular Hbond substituents is 1. The summed E-state index contributed by atoms with van der Waals surface area (Å²) in [6.07, 6.45) is 0. The number of nitrogens with zero attached hydrogens (tertiary/aromatic N) is 1. The Hall–Kier alpha value is -1.09. The molecule has 0 amide bonds. The van der Waals surface area contributed by atoms with Crippen LogP contribution in [0.4, 0.5) is 0 Å². The zero-order valence-corrected chi connectivity index (χ0v) is 8.82. The molecule has 1 aromatic carbocycles. The van der Waals surface area contributed by atoms with Gasteiger partial charge in [-0.3, -0.25) is 0 Å². The van der Waals surface area contributed by atoms with E-state index in [1.54, 1.807) is 6.07 Å². The van der Waals surface area contributed by atoms with Gasteiger partial charge in [-0.25, -0.2) is 0 Å². The molecule has 0 heterocycles. The molecule has 0 fully saturated rings. The van der Waals surface area contributed by atoms with Crippen molar-refractivity contribution in [1.82, 2.24) is 0 Å². The Kier molecular flexibility index (Phi) is 3.47. The predicted octanol–water partition coefficient (Wildman–Crippen LogP) is 1.02. The van der Waals surface area contributed by atoms with E-state index in [2.05, 4.69) is 15.9 Å². The number of hydrogen-bond donors (Lipinski definition) is 3. The van der Waals surface area contributed by atoms with Crippen LogP contribution in [0.3, 0.4) is 0 Å². The van der Waals surface area contributed by atoms with Crippen LogP contribution in [0.25, 0.3) is 0 Å². The molecule has 0 aromatic heterocycles. The number of nitriles is 1. The van der Waals surface area contributed by atoms with Crippen molar-refractivity contribution in [1.29, 1.82) is 5.26 Å². The molecule has 0 bridgehead atoms.